The molecule has 16 heteroatoms. The smallest absolute Gasteiger partial charge is 0.383 e. The first-order chi connectivity index (χ1) is 24.1. The maximum absolute atomic E-state index is 14.9. The van der Waals surface area contributed by atoms with Crippen molar-refractivity contribution in [1.29, 1.82) is 0 Å². The number of alkyl halides is 3. The molecule has 2 atom stereocenters. The number of ether oxygens (including phenoxy) is 2. The predicted molar refractivity (Wildman–Crippen MR) is 174 cm³/mol. The average Bonchev–Trinajstić information content (AvgIpc) is 3.60. The third-order valence-electron chi connectivity index (χ3n) is 8.86. The summed E-state index contributed by atoms with van der Waals surface area (Å²) in [6.45, 7) is 2.21. The second-order valence-corrected chi connectivity index (χ2v) is 14.3. The number of aliphatic hydroxyl groups is 1. The average molecular weight is 731 g/mol. The lowest BCUT2D eigenvalue weighted by Gasteiger charge is -2.38. The van der Waals surface area contributed by atoms with Crippen LogP contribution in [0.2, 0.25) is 0 Å². The monoisotopic (exact) mass is 730 g/mol. The van der Waals surface area contributed by atoms with Crippen LogP contribution in [0.1, 0.15) is 41.1 Å². The minimum Gasteiger partial charge on any atom is -0.383 e. The fourth-order valence-electron chi connectivity index (χ4n) is 6.08. The number of sulfone groups is 1. The lowest BCUT2D eigenvalue weighted by Crippen LogP contribution is -2.41. The molecule has 0 radical (unpaired) electrons. The van der Waals surface area contributed by atoms with Crippen LogP contribution in [-0.2, 0) is 31.5 Å². The Kier molecular flexibility index (Phi) is 9.96. The largest absolute Gasteiger partial charge is 0.501 e. The number of fused-ring (bicyclic) bond motifs is 1. The Morgan fingerprint density at radius 2 is 1.67 bits per heavy atom. The van der Waals surface area contributed by atoms with E-state index in [-0.39, 0.29) is 42.5 Å². The van der Waals surface area contributed by atoms with Crippen molar-refractivity contribution in [3.05, 3.63) is 120 Å². The van der Waals surface area contributed by atoms with Gasteiger partial charge in [0.15, 0.2) is 6.29 Å². The maximum atomic E-state index is 14.9. The van der Waals surface area contributed by atoms with Gasteiger partial charge >= 0.3 is 5.51 Å². The molecule has 1 aromatic heterocycles. The molecule has 1 saturated heterocycles. The summed E-state index contributed by atoms with van der Waals surface area (Å²) in [5.41, 5.74) is -6.16. The first kappa shape index (κ1) is 36.0. The van der Waals surface area contributed by atoms with Crippen LogP contribution in [0.25, 0.3) is 10.8 Å². The molecular formula is C35H31F5N4O6S. The number of amides is 1. The molecule has 6 rings (SSSR count). The Bertz CT molecular complexity index is 2140. The number of hydrogen-bond acceptors (Lipinski definition) is 8. The topological polar surface area (TPSA) is 133 Å². The lowest BCUT2D eigenvalue weighted by molar-refractivity contribution is -0.210. The summed E-state index contributed by atoms with van der Waals surface area (Å²) in [5, 5.41) is 19.9. The van der Waals surface area contributed by atoms with Gasteiger partial charge in [-0.3, -0.25) is 4.79 Å². The highest BCUT2D eigenvalue weighted by Gasteiger charge is 2.47. The molecule has 0 spiro atoms. The zero-order chi connectivity index (χ0) is 36.6. The molecule has 2 N–H and O–H groups in total. The number of anilines is 1. The third-order valence-corrected chi connectivity index (χ3v) is 10.4. The minimum atomic E-state index is -5.51. The van der Waals surface area contributed by atoms with Crippen molar-refractivity contribution in [2.24, 2.45) is 11.8 Å². The van der Waals surface area contributed by atoms with Crippen LogP contribution >= 0.6 is 0 Å². The summed E-state index contributed by atoms with van der Waals surface area (Å²) < 4.78 is 104. The summed E-state index contributed by atoms with van der Waals surface area (Å²) >= 11 is 0. The first-order valence-corrected chi connectivity index (χ1v) is 17.1. The van der Waals surface area contributed by atoms with E-state index in [4.69, 9.17) is 9.47 Å². The van der Waals surface area contributed by atoms with E-state index in [1.165, 1.54) is 23.4 Å². The SMILES string of the molecule is CC(CC1COC(c2ccc3cc(C(=O)Nc4ccc(S(=O)(=O)C(F)(F)F)cc4)ccc3c2)OC1)C(O)(Cn1cncn1)c1ccc(F)cc1F. The molecule has 51 heavy (non-hydrogen) atoms. The van der Waals surface area contributed by atoms with Gasteiger partial charge in [0.2, 0.25) is 0 Å². The highest BCUT2D eigenvalue weighted by Crippen LogP contribution is 2.39. The quantitative estimate of drug-likeness (QED) is 0.155. The molecule has 1 fully saturated rings. The van der Waals surface area contributed by atoms with Gasteiger partial charge in [-0.05, 0) is 71.6 Å². The highest BCUT2D eigenvalue weighted by atomic mass is 32.2. The number of benzene rings is 4. The molecule has 268 valence electrons. The zero-order valence-electron chi connectivity index (χ0n) is 26.8. The van der Waals surface area contributed by atoms with Gasteiger partial charge in [-0.1, -0.05) is 31.2 Å². The number of aromatic nitrogens is 3. The molecule has 2 unspecified atom stereocenters. The number of halogens is 5. The highest BCUT2D eigenvalue weighted by molar-refractivity contribution is 7.92. The van der Waals surface area contributed by atoms with Gasteiger partial charge in [0.1, 0.15) is 29.9 Å². The molecule has 2 heterocycles. The van der Waals surface area contributed by atoms with Crippen molar-refractivity contribution in [3.63, 3.8) is 0 Å². The second kappa shape index (κ2) is 14.1. The van der Waals surface area contributed by atoms with Gasteiger partial charge < -0.3 is 19.9 Å². The van der Waals surface area contributed by atoms with Crippen LogP contribution in [0.3, 0.4) is 0 Å². The van der Waals surface area contributed by atoms with Crippen LogP contribution in [0, 0.1) is 23.5 Å². The number of rotatable bonds is 10. The minimum absolute atomic E-state index is 0.0598. The van der Waals surface area contributed by atoms with Gasteiger partial charge in [-0.25, -0.2) is 26.9 Å². The van der Waals surface area contributed by atoms with Crippen LogP contribution in [-0.4, -0.2) is 52.9 Å². The maximum Gasteiger partial charge on any atom is 0.501 e. The van der Waals surface area contributed by atoms with E-state index in [1.807, 2.05) is 6.07 Å². The van der Waals surface area contributed by atoms with Gasteiger partial charge in [-0.2, -0.15) is 18.3 Å². The predicted octanol–water partition coefficient (Wildman–Crippen LogP) is 6.53. The zero-order valence-corrected chi connectivity index (χ0v) is 27.7. The van der Waals surface area contributed by atoms with E-state index in [0.717, 1.165) is 47.3 Å². The van der Waals surface area contributed by atoms with Crippen molar-refractivity contribution in [3.8, 4) is 0 Å². The first-order valence-electron chi connectivity index (χ1n) is 15.6. The van der Waals surface area contributed by atoms with E-state index >= 15 is 0 Å². The number of nitrogens with zero attached hydrogens (tertiary/aromatic N) is 3. The van der Waals surface area contributed by atoms with Crippen molar-refractivity contribution in [1.82, 2.24) is 14.8 Å². The van der Waals surface area contributed by atoms with E-state index in [0.29, 0.717) is 11.8 Å². The fraction of sp³-hybridized carbons (Fsp3) is 0.286. The van der Waals surface area contributed by atoms with Crippen LogP contribution in [0.4, 0.5) is 27.6 Å². The number of nitrogens with one attached hydrogen (secondary N) is 1. The summed E-state index contributed by atoms with van der Waals surface area (Å²) in [4.78, 5) is 15.8. The Hall–Kier alpha value is -4.77. The van der Waals surface area contributed by atoms with Gasteiger partial charge in [0.05, 0.1) is 24.7 Å². The molecule has 0 saturated carbocycles. The fourth-order valence-corrected chi connectivity index (χ4v) is 6.84. The van der Waals surface area contributed by atoms with E-state index in [1.54, 1.807) is 37.3 Å². The number of hydrogen-bond donors (Lipinski definition) is 2. The summed E-state index contributed by atoms with van der Waals surface area (Å²) in [7, 11) is -5.51. The van der Waals surface area contributed by atoms with Crippen molar-refractivity contribution < 1.29 is 49.7 Å². The Labute approximate surface area is 288 Å². The van der Waals surface area contributed by atoms with Crippen molar-refractivity contribution in [2.75, 3.05) is 18.5 Å². The lowest BCUT2D eigenvalue weighted by atomic mass is 9.77. The standard InChI is InChI=1S/C35H31F5N4O6S/c1-21(34(46,18-44-20-41-19-42-44)30-11-6-27(36)15-31(30)37)12-22-16-49-33(50-17-22)26-5-3-23-13-25(4-2-24(23)14-26)32(45)43-28-7-9-29(10-8-28)51(47,48)35(38,39)40/h2-11,13-15,19-22,33,46H,12,16-18H2,1H3,(H,43,45). The van der Waals surface area contributed by atoms with Crippen molar-refractivity contribution >= 4 is 32.2 Å². The summed E-state index contributed by atoms with van der Waals surface area (Å²) in [5.74, 6) is -2.88. The number of carbonyl (C=O) groups is 1. The van der Waals surface area contributed by atoms with Crippen LogP contribution in [0.5, 0.6) is 0 Å². The molecule has 1 amide bonds. The molecule has 0 bridgehead atoms. The van der Waals surface area contributed by atoms with Crippen molar-refractivity contribution in [2.45, 2.75) is 42.2 Å². The Balaban J connectivity index is 1.08. The number of carbonyl (C=O) groups excluding carboxylic acids is 1. The van der Waals surface area contributed by atoms with E-state index in [2.05, 4.69) is 15.4 Å². The molecule has 4 aromatic carbocycles. The van der Waals surface area contributed by atoms with Crippen LogP contribution in [0.15, 0.2) is 96.4 Å². The molecule has 5 aromatic rings. The normalized spacial score (nSPS) is 18.6. The third kappa shape index (κ3) is 7.63. The van der Waals surface area contributed by atoms with Gasteiger partial charge in [-0.15, -0.1) is 0 Å². The van der Waals surface area contributed by atoms with Crippen LogP contribution < -0.4 is 5.32 Å². The Morgan fingerprint density at radius 1 is 0.980 bits per heavy atom. The summed E-state index contributed by atoms with van der Waals surface area (Å²) in [6, 6.07) is 17.1. The molecule has 0 aliphatic carbocycles. The Morgan fingerprint density at radius 3 is 2.31 bits per heavy atom. The van der Waals surface area contributed by atoms with E-state index in [9.17, 15) is 40.3 Å². The molecule has 10 nitrogen and oxygen atoms in total. The van der Waals surface area contributed by atoms with Gasteiger partial charge in [0.25, 0.3) is 15.7 Å². The molecule has 1 aliphatic rings. The molecular weight excluding hydrogens is 699 g/mol. The summed E-state index contributed by atoms with van der Waals surface area (Å²) in [6.07, 6.45) is 2.39. The van der Waals surface area contributed by atoms with Gasteiger partial charge in [0, 0.05) is 34.4 Å². The second-order valence-electron chi connectivity index (χ2n) is 12.4. The van der Waals surface area contributed by atoms with E-state index < -0.39 is 55.6 Å². The molecule has 1 aliphatic heterocycles.